The first kappa shape index (κ1) is 15.7. The highest BCUT2D eigenvalue weighted by Crippen LogP contribution is 2.33. The fourth-order valence-electron chi connectivity index (χ4n) is 2.02. The average molecular weight is 373 g/mol. The number of halogens is 3. The minimum Gasteiger partial charge on any atom is -0.383 e. The highest BCUT2D eigenvalue weighted by Gasteiger charge is 2.06. The molecule has 4 heteroatoms. The molecule has 2 aromatic rings. The normalized spacial score (nSPS) is 10.6. The highest BCUT2D eigenvalue weighted by atomic mass is 79.9. The van der Waals surface area contributed by atoms with Gasteiger partial charge in [0.25, 0.3) is 0 Å². The van der Waals surface area contributed by atoms with Gasteiger partial charge in [0.15, 0.2) is 0 Å². The molecule has 20 heavy (non-hydrogen) atoms. The molecule has 0 unspecified atom stereocenters. The Morgan fingerprint density at radius 2 is 1.60 bits per heavy atom. The van der Waals surface area contributed by atoms with Crippen molar-refractivity contribution in [1.29, 1.82) is 0 Å². The van der Waals surface area contributed by atoms with Crippen LogP contribution in [0, 0.1) is 0 Å². The van der Waals surface area contributed by atoms with Crippen LogP contribution in [0.25, 0.3) is 0 Å². The second-order valence-corrected chi connectivity index (χ2v) is 6.34. The standard InChI is InChI=1S/C16H16BrCl2N/c17-13-10-14(18)16(15(19)11-13)20-9-5-4-8-12-6-2-1-3-7-12/h1-3,6-7,10-11,20H,4-5,8-9H2. The van der Waals surface area contributed by atoms with E-state index in [-0.39, 0.29) is 0 Å². The van der Waals surface area contributed by atoms with Crippen LogP contribution in [0.5, 0.6) is 0 Å². The van der Waals surface area contributed by atoms with E-state index in [0.29, 0.717) is 10.0 Å². The van der Waals surface area contributed by atoms with Gasteiger partial charge in [0.05, 0.1) is 15.7 Å². The van der Waals surface area contributed by atoms with Crippen LogP contribution < -0.4 is 5.32 Å². The van der Waals surface area contributed by atoms with Gasteiger partial charge < -0.3 is 5.32 Å². The minimum absolute atomic E-state index is 0.646. The Bertz CT molecular complexity index is 535. The van der Waals surface area contributed by atoms with Gasteiger partial charge in [-0.05, 0) is 37.0 Å². The van der Waals surface area contributed by atoms with Crippen molar-refractivity contribution in [2.75, 3.05) is 11.9 Å². The van der Waals surface area contributed by atoms with Crippen molar-refractivity contribution in [2.24, 2.45) is 0 Å². The van der Waals surface area contributed by atoms with Gasteiger partial charge in [-0.25, -0.2) is 0 Å². The molecule has 0 atom stereocenters. The lowest BCUT2D eigenvalue weighted by atomic mass is 10.1. The molecule has 0 bridgehead atoms. The number of hydrogen-bond donors (Lipinski definition) is 1. The molecule has 0 aromatic heterocycles. The van der Waals surface area contributed by atoms with Gasteiger partial charge in [0, 0.05) is 11.0 Å². The van der Waals surface area contributed by atoms with Gasteiger partial charge in [-0.3, -0.25) is 0 Å². The van der Waals surface area contributed by atoms with E-state index < -0.39 is 0 Å². The average Bonchev–Trinajstić information content (AvgIpc) is 2.42. The van der Waals surface area contributed by atoms with Gasteiger partial charge in [0.2, 0.25) is 0 Å². The zero-order chi connectivity index (χ0) is 14.4. The molecule has 0 heterocycles. The van der Waals surface area contributed by atoms with Crippen LogP contribution in [0.1, 0.15) is 18.4 Å². The molecule has 0 amide bonds. The third kappa shape index (κ3) is 4.69. The maximum Gasteiger partial charge on any atom is 0.0719 e. The van der Waals surface area contributed by atoms with Crippen molar-refractivity contribution in [2.45, 2.75) is 19.3 Å². The summed E-state index contributed by atoms with van der Waals surface area (Å²) < 4.78 is 0.891. The third-order valence-corrected chi connectivity index (χ3v) is 4.10. The number of anilines is 1. The smallest absolute Gasteiger partial charge is 0.0719 e. The molecule has 0 aliphatic rings. The van der Waals surface area contributed by atoms with Crippen molar-refractivity contribution in [3.8, 4) is 0 Å². The highest BCUT2D eigenvalue weighted by molar-refractivity contribution is 9.10. The van der Waals surface area contributed by atoms with Gasteiger partial charge >= 0.3 is 0 Å². The van der Waals surface area contributed by atoms with E-state index in [1.807, 2.05) is 18.2 Å². The fourth-order valence-corrected chi connectivity index (χ4v) is 3.37. The Hall–Kier alpha value is -0.700. The van der Waals surface area contributed by atoms with Crippen molar-refractivity contribution in [3.05, 3.63) is 62.5 Å². The van der Waals surface area contributed by atoms with Gasteiger partial charge in [0.1, 0.15) is 0 Å². The zero-order valence-corrected chi connectivity index (χ0v) is 14.1. The second kappa shape index (κ2) is 7.92. The van der Waals surface area contributed by atoms with Gasteiger partial charge in [-0.2, -0.15) is 0 Å². The number of benzene rings is 2. The predicted molar refractivity (Wildman–Crippen MR) is 92.0 cm³/mol. The predicted octanol–water partition coefficient (Wildman–Crippen LogP) is 6.19. The summed E-state index contributed by atoms with van der Waals surface area (Å²) in [5.41, 5.74) is 2.20. The molecule has 1 N–H and O–H groups in total. The summed E-state index contributed by atoms with van der Waals surface area (Å²) in [7, 11) is 0. The van der Waals surface area contributed by atoms with E-state index in [4.69, 9.17) is 23.2 Å². The first-order chi connectivity index (χ1) is 9.66. The number of unbranched alkanes of at least 4 members (excludes halogenated alkanes) is 1. The third-order valence-electron chi connectivity index (χ3n) is 3.04. The molecule has 2 aromatic carbocycles. The number of nitrogens with one attached hydrogen (secondary N) is 1. The fraction of sp³-hybridized carbons (Fsp3) is 0.250. The van der Waals surface area contributed by atoms with E-state index in [0.717, 1.165) is 36.0 Å². The molecular weight excluding hydrogens is 357 g/mol. The molecule has 2 rings (SSSR count). The van der Waals surface area contributed by atoms with E-state index in [2.05, 4.69) is 45.5 Å². The second-order valence-electron chi connectivity index (χ2n) is 4.61. The van der Waals surface area contributed by atoms with Crippen molar-refractivity contribution < 1.29 is 0 Å². The first-order valence-corrected chi connectivity index (χ1v) is 8.14. The number of hydrogen-bond acceptors (Lipinski definition) is 1. The Morgan fingerprint density at radius 1 is 0.950 bits per heavy atom. The Kier molecular flexibility index (Phi) is 6.21. The molecule has 0 fully saturated rings. The van der Waals surface area contributed by atoms with E-state index in [1.54, 1.807) is 0 Å². The molecule has 1 nitrogen and oxygen atoms in total. The summed E-state index contributed by atoms with van der Waals surface area (Å²) in [5, 5.41) is 4.60. The van der Waals surface area contributed by atoms with Crippen LogP contribution in [-0.2, 0) is 6.42 Å². The lowest BCUT2D eigenvalue weighted by Gasteiger charge is -2.11. The topological polar surface area (TPSA) is 12.0 Å². The summed E-state index contributed by atoms with van der Waals surface area (Å²) in [6, 6.07) is 14.2. The largest absolute Gasteiger partial charge is 0.383 e. The Balaban J connectivity index is 1.76. The molecule has 0 radical (unpaired) electrons. The molecule has 0 aliphatic carbocycles. The summed E-state index contributed by atoms with van der Waals surface area (Å²) in [6.07, 6.45) is 3.32. The number of aryl methyl sites for hydroxylation is 1. The summed E-state index contributed by atoms with van der Waals surface area (Å²) in [6.45, 7) is 0.869. The van der Waals surface area contributed by atoms with E-state index in [1.165, 1.54) is 5.56 Å². The summed E-state index contributed by atoms with van der Waals surface area (Å²) in [4.78, 5) is 0. The van der Waals surface area contributed by atoms with Crippen molar-refractivity contribution in [1.82, 2.24) is 0 Å². The lowest BCUT2D eigenvalue weighted by molar-refractivity contribution is 0.763. The Morgan fingerprint density at radius 3 is 2.25 bits per heavy atom. The molecule has 0 saturated carbocycles. The summed E-state index contributed by atoms with van der Waals surface area (Å²) in [5.74, 6) is 0. The van der Waals surface area contributed by atoms with Crippen LogP contribution in [-0.4, -0.2) is 6.54 Å². The van der Waals surface area contributed by atoms with Crippen molar-refractivity contribution >= 4 is 44.8 Å². The van der Waals surface area contributed by atoms with Gasteiger partial charge in [-0.15, -0.1) is 0 Å². The monoisotopic (exact) mass is 371 g/mol. The number of rotatable bonds is 6. The van der Waals surface area contributed by atoms with Crippen LogP contribution in [0.15, 0.2) is 46.9 Å². The molecule has 0 saturated heterocycles. The maximum absolute atomic E-state index is 6.17. The van der Waals surface area contributed by atoms with Gasteiger partial charge in [-0.1, -0.05) is 69.5 Å². The van der Waals surface area contributed by atoms with Crippen LogP contribution >= 0.6 is 39.1 Å². The quantitative estimate of drug-likeness (QED) is 0.596. The minimum atomic E-state index is 0.646. The van der Waals surface area contributed by atoms with Crippen LogP contribution in [0.3, 0.4) is 0 Å². The van der Waals surface area contributed by atoms with Crippen molar-refractivity contribution in [3.63, 3.8) is 0 Å². The SMILES string of the molecule is Clc1cc(Br)cc(Cl)c1NCCCCc1ccccc1. The molecular formula is C16H16BrCl2N. The molecule has 106 valence electrons. The molecule has 0 spiro atoms. The van der Waals surface area contributed by atoms with Crippen LogP contribution in [0.4, 0.5) is 5.69 Å². The zero-order valence-electron chi connectivity index (χ0n) is 11.0. The first-order valence-electron chi connectivity index (χ1n) is 6.59. The van der Waals surface area contributed by atoms with E-state index >= 15 is 0 Å². The van der Waals surface area contributed by atoms with E-state index in [9.17, 15) is 0 Å². The maximum atomic E-state index is 6.17. The lowest BCUT2D eigenvalue weighted by Crippen LogP contribution is -2.03. The summed E-state index contributed by atoms with van der Waals surface area (Å²) >= 11 is 15.7. The molecule has 0 aliphatic heterocycles. The Labute approximate surface area is 138 Å². The van der Waals surface area contributed by atoms with Crippen LogP contribution in [0.2, 0.25) is 10.0 Å².